The van der Waals surface area contributed by atoms with Crippen LogP contribution < -0.4 is 15.0 Å². The molecule has 3 heterocycles. The molecule has 1 saturated heterocycles. The maximum absolute atomic E-state index is 13.6. The van der Waals surface area contributed by atoms with Crippen molar-refractivity contribution in [2.45, 2.75) is 13.5 Å². The number of thiocarbonyl (C=S) groups is 1. The number of halogens is 2. The smallest absolute Gasteiger partial charge is 0.281 e. The molecule has 154 valence electrons. The van der Waals surface area contributed by atoms with Gasteiger partial charge in [-0.2, -0.15) is 5.10 Å². The summed E-state index contributed by atoms with van der Waals surface area (Å²) >= 11 is 5.29. The number of carbonyl (C=O) groups is 1. The third kappa shape index (κ3) is 3.81. The molecule has 0 radical (unpaired) electrons. The molecule has 1 aliphatic rings. The Bertz CT molecular complexity index is 1180. The lowest BCUT2D eigenvalue weighted by Gasteiger charge is -2.11. The highest BCUT2D eigenvalue weighted by molar-refractivity contribution is 7.80. The molecule has 0 atom stereocenters. The number of anilines is 1. The van der Waals surface area contributed by atoms with Crippen molar-refractivity contribution in [3.8, 4) is 5.75 Å². The van der Waals surface area contributed by atoms with Crippen LogP contribution in [0.5, 0.6) is 5.75 Å². The van der Waals surface area contributed by atoms with Gasteiger partial charge in [-0.15, -0.1) is 0 Å². The normalized spacial score (nSPS) is 15.2. The molecule has 0 saturated carbocycles. The number of hydrogen-bond donors (Lipinski definition) is 1. The Morgan fingerprint density at radius 1 is 1.30 bits per heavy atom. The van der Waals surface area contributed by atoms with E-state index in [1.54, 1.807) is 37.0 Å². The molecule has 3 aromatic rings. The molecule has 30 heavy (non-hydrogen) atoms. The molecule has 0 aliphatic carbocycles. The maximum Gasteiger partial charge on any atom is 0.281 e. The molecule has 1 N–H and O–H groups in total. The number of rotatable bonds is 5. The van der Waals surface area contributed by atoms with E-state index in [1.165, 1.54) is 17.0 Å². The van der Waals surface area contributed by atoms with Gasteiger partial charge in [-0.1, -0.05) is 0 Å². The van der Waals surface area contributed by atoms with Crippen molar-refractivity contribution >= 4 is 35.0 Å². The van der Waals surface area contributed by atoms with E-state index in [0.29, 0.717) is 22.9 Å². The van der Waals surface area contributed by atoms with Gasteiger partial charge in [0.1, 0.15) is 29.6 Å². The van der Waals surface area contributed by atoms with Gasteiger partial charge in [-0.25, -0.2) is 13.7 Å². The number of aromatic nitrogens is 2. The van der Waals surface area contributed by atoms with Crippen molar-refractivity contribution in [2.75, 3.05) is 4.90 Å². The highest BCUT2D eigenvalue weighted by atomic mass is 32.1. The zero-order valence-corrected chi connectivity index (χ0v) is 16.8. The molecule has 4 rings (SSSR count). The van der Waals surface area contributed by atoms with E-state index in [0.717, 1.165) is 12.1 Å². The fourth-order valence-electron chi connectivity index (χ4n) is 2.99. The Kier molecular flexibility index (Phi) is 5.08. The lowest BCUT2D eigenvalue weighted by Crippen LogP contribution is -2.30. The summed E-state index contributed by atoms with van der Waals surface area (Å²) in [5, 5.41) is 7.34. The van der Waals surface area contributed by atoms with E-state index >= 15 is 0 Å². The van der Waals surface area contributed by atoms with Crippen molar-refractivity contribution < 1.29 is 22.7 Å². The van der Waals surface area contributed by atoms with Crippen LogP contribution in [0.3, 0.4) is 0 Å². The zero-order chi connectivity index (χ0) is 21.4. The number of nitrogens with one attached hydrogen (secondary N) is 1. The average Bonchev–Trinajstić information content (AvgIpc) is 3.33. The van der Waals surface area contributed by atoms with Crippen LogP contribution in [0.2, 0.25) is 0 Å². The Balaban J connectivity index is 1.48. The van der Waals surface area contributed by atoms with Gasteiger partial charge in [0.05, 0.1) is 11.4 Å². The van der Waals surface area contributed by atoms with Gasteiger partial charge in [0, 0.05) is 25.4 Å². The van der Waals surface area contributed by atoms with Gasteiger partial charge in [0.2, 0.25) is 0 Å². The predicted molar refractivity (Wildman–Crippen MR) is 109 cm³/mol. The standard InChI is InChI=1S/C20H16F2N4O3S/c1-11-17(9-25(2)24-11)26-19(27)16(23-20(26)30)8-13-4-5-14(29-13)10-28-18-6-3-12(21)7-15(18)22/h3-9H,10H2,1-2H3,(H,23,30)/b16-8+. The zero-order valence-electron chi connectivity index (χ0n) is 16.0. The molecule has 1 fully saturated rings. The van der Waals surface area contributed by atoms with Gasteiger partial charge < -0.3 is 14.5 Å². The summed E-state index contributed by atoms with van der Waals surface area (Å²) in [7, 11) is 1.76. The summed E-state index contributed by atoms with van der Waals surface area (Å²) in [6.07, 6.45) is 3.23. The van der Waals surface area contributed by atoms with Crippen LogP contribution in [0.25, 0.3) is 6.08 Å². The lowest BCUT2D eigenvalue weighted by atomic mass is 10.3. The summed E-state index contributed by atoms with van der Waals surface area (Å²) in [6.45, 7) is 1.72. The van der Waals surface area contributed by atoms with Crippen molar-refractivity contribution in [3.63, 3.8) is 0 Å². The highest BCUT2D eigenvalue weighted by Gasteiger charge is 2.34. The van der Waals surface area contributed by atoms with Crippen LogP contribution >= 0.6 is 12.2 Å². The summed E-state index contributed by atoms with van der Waals surface area (Å²) in [6, 6.07) is 6.32. The summed E-state index contributed by atoms with van der Waals surface area (Å²) in [5.41, 5.74) is 1.51. The summed E-state index contributed by atoms with van der Waals surface area (Å²) < 4.78 is 39.1. The van der Waals surface area contributed by atoms with Crippen molar-refractivity contribution in [3.05, 3.63) is 71.1 Å². The monoisotopic (exact) mass is 430 g/mol. The van der Waals surface area contributed by atoms with E-state index in [4.69, 9.17) is 21.4 Å². The largest absolute Gasteiger partial charge is 0.483 e. The Morgan fingerprint density at radius 2 is 2.10 bits per heavy atom. The second-order valence-electron chi connectivity index (χ2n) is 6.57. The molecule has 7 nitrogen and oxygen atoms in total. The number of furan rings is 1. The van der Waals surface area contributed by atoms with Crippen LogP contribution in [0.15, 0.2) is 46.6 Å². The van der Waals surface area contributed by atoms with E-state index in [1.807, 2.05) is 0 Å². The van der Waals surface area contributed by atoms with Gasteiger partial charge in [-0.05, 0) is 43.4 Å². The fourth-order valence-corrected chi connectivity index (χ4v) is 3.28. The first-order valence-corrected chi connectivity index (χ1v) is 9.26. The molecule has 0 unspecified atom stereocenters. The van der Waals surface area contributed by atoms with E-state index in [9.17, 15) is 13.6 Å². The number of hydrogen-bond acceptors (Lipinski definition) is 5. The lowest BCUT2D eigenvalue weighted by molar-refractivity contribution is -0.113. The topological polar surface area (TPSA) is 72.5 Å². The van der Waals surface area contributed by atoms with E-state index in [-0.39, 0.29) is 29.1 Å². The molecule has 0 bridgehead atoms. The first-order chi connectivity index (χ1) is 14.3. The third-order valence-corrected chi connectivity index (χ3v) is 4.62. The van der Waals surface area contributed by atoms with Gasteiger partial charge in [0.25, 0.3) is 5.91 Å². The third-order valence-electron chi connectivity index (χ3n) is 4.34. The number of carbonyl (C=O) groups excluding carboxylic acids is 1. The number of ether oxygens (including phenoxy) is 1. The summed E-state index contributed by atoms with van der Waals surface area (Å²) in [5.74, 6) is -1.13. The number of aryl methyl sites for hydroxylation is 2. The van der Waals surface area contributed by atoms with Gasteiger partial charge in [0.15, 0.2) is 16.7 Å². The highest BCUT2D eigenvalue weighted by Crippen LogP contribution is 2.25. The number of benzene rings is 1. The van der Waals surface area contributed by atoms with Crippen LogP contribution in [-0.2, 0) is 18.4 Å². The van der Waals surface area contributed by atoms with E-state index in [2.05, 4.69) is 10.4 Å². The van der Waals surface area contributed by atoms with Crippen molar-refractivity contribution in [1.82, 2.24) is 15.1 Å². The molecular formula is C20H16F2N4O3S. The minimum atomic E-state index is -0.802. The van der Waals surface area contributed by atoms with Crippen LogP contribution in [0, 0.1) is 18.6 Å². The minimum Gasteiger partial charge on any atom is -0.483 e. The van der Waals surface area contributed by atoms with Gasteiger partial charge in [-0.3, -0.25) is 9.48 Å². The second-order valence-corrected chi connectivity index (χ2v) is 6.96. The maximum atomic E-state index is 13.6. The Labute approximate surface area is 175 Å². The quantitative estimate of drug-likeness (QED) is 0.494. The summed E-state index contributed by atoms with van der Waals surface area (Å²) in [4.78, 5) is 14.2. The van der Waals surface area contributed by atoms with Crippen LogP contribution in [0.1, 0.15) is 17.2 Å². The number of amides is 1. The van der Waals surface area contributed by atoms with Crippen LogP contribution in [-0.4, -0.2) is 20.8 Å². The molecule has 1 aromatic carbocycles. The Hall–Kier alpha value is -3.53. The van der Waals surface area contributed by atoms with E-state index < -0.39 is 11.6 Å². The molecule has 10 heteroatoms. The van der Waals surface area contributed by atoms with Crippen molar-refractivity contribution in [2.24, 2.45) is 7.05 Å². The minimum absolute atomic E-state index is 0.0630. The second kappa shape index (κ2) is 7.71. The first kappa shape index (κ1) is 19.8. The average molecular weight is 430 g/mol. The molecule has 2 aromatic heterocycles. The SMILES string of the molecule is Cc1nn(C)cc1N1C(=O)/C(=C\c2ccc(COc3ccc(F)cc3F)o2)NC1=S. The van der Waals surface area contributed by atoms with Crippen LogP contribution in [0.4, 0.5) is 14.5 Å². The molecule has 0 spiro atoms. The molecule has 1 aliphatic heterocycles. The predicted octanol–water partition coefficient (Wildman–Crippen LogP) is 3.44. The number of nitrogens with zero attached hydrogens (tertiary/aromatic N) is 3. The first-order valence-electron chi connectivity index (χ1n) is 8.86. The van der Waals surface area contributed by atoms with Gasteiger partial charge >= 0.3 is 0 Å². The Morgan fingerprint density at radius 3 is 2.80 bits per heavy atom. The molecular weight excluding hydrogens is 414 g/mol. The van der Waals surface area contributed by atoms with Crippen molar-refractivity contribution in [1.29, 1.82) is 0 Å². The molecule has 1 amide bonds. The fraction of sp³-hybridized carbons (Fsp3) is 0.150.